The molecular formula is C21H28N4O4S. The minimum Gasteiger partial charge on any atom is -0.347 e. The fraction of sp³-hybridized carbons (Fsp3) is 0.429. The number of nitrogens with zero attached hydrogens (tertiary/aromatic N) is 3. The highest BCUT2D eigenvalue weighted by atomic mass is 32.2. The van der Waals surface area contributed by atoms with Crippen LogP contribution in [0.2, 0.25) is 0 Å². The van der Waals surface area contributed by atoms with Gasteiger partial charge in [-0.25, -0.2) is 13.6 Å². The Balaban J connectivity index is 1.85. The maximum absolute atomic E-state index is 13.1. The van der Waals surface area contributed by atoms with E-state index in [1.807, 2.05) is 29.4 Å². The number of likely N-dealkylation sites (tertiary alicyclic amines) is 1. The predicted molar refractivity (Wildman–Crippen MR) is 114 cm³/mol. The molecular weight excluding hydrogens is 404 g/mol. The van der Waals surface area contributed by atoms with Crippen LogP contribution in [0.3, 0.4) is 0 Å². The van der Waals surface area contributed by atoms with Crippen molar-refractivity contribution in [2.45, 2.75) is 37.6 Å². The van der Waals surface area contributed by atoms with E-state index in [-0.39, 0.29) is 29.2 Å². The highest BCUT2D eigenvalue weighted by Crippen LogP contribution is 2.24. The SMILES string of the molecule is Cc1cc(C(=O)CN2CCCC2C(=O)N(C)C)c(C)n1-c1ccc(S(N)(=O)=O)cc1. The Hall–Kier alpha value is -2.49. The van der Waals surface area contributed by atoms with E-state index in [9.17, 15) is 18.0 Å². The predicted octanol–water partition coefficient (Wildman–Crippen LogP) is 1.48. The standard InChI is InChI=1S/C21H28N4O4S/c1-14-12-18(20(26)13-24-11-5-6-19(24)21(27)23(3)4)15(2)25(14)16-7-9-17(10-8-16)30(22,28)29/h7-10,12,19H,5-6,11,13H2,1-4H3,(H2,22,28,29). The molecule has 1 aliphatic heterocycles. The number of sulfonamides is 1. The van der Waals surface area contributed by atoms with Crippen molar-refractivity contribution in [3.05, 3.63) is 47.3 Å². The van der Waals surface area contributed by atoms with E-state index in [1.165, 1.54) is 12.1 Å². The molecule has 162 valence electrons. The first kappa shape index (κ1) is 22.2. The van der Waals surface area contributed by atoms with Crippen LogP contribution in [0.1, 0.15) is 34.6 Å². The van der Waals surface area contributed by atoms with Gasteiger partial charge >= 0.3 is 0 Å². The molecule has 0 saturated carbocycles. The number of carbonyl (C=O) groups is 2. The van der Waals surface area contributed by atoms with Gasteiger partial charge in [0.05, 0.1) is 17.5 Å². The van der Waals surface area contributed by atoms with Crippen molar-refractivity contribution in [3.8, 4) is 5.69 Å². The van der Waals surface area contributed by atoms with Gasteiger partial charge in [-0.1, -0.05) is 0 Å². The van der Waals surface area contributed by atoms with Crippen LogP contribution in [0, 0.1) is 13.8 Å². The van der Waals surface area contributed by atoms with Gasteiger partial charge < -0.3 is 9.47 Å². The van der Waals surface area contributed by atoms with Gasteiger partial charge in [0.2, 0.25) is 15.9 Å². The van der Waals surface area contributed by atoms with Crippen LogP contribution in [0.4, 0.5) is 0 Å². The molecule has 0 radical (unpaired) electrons. The van der Waals surface area contributed by atoms with Gasteiger partial charge in [0, 0.05) is 36.7 Å². The van der Waals surface area contributed by atoms with Crippen molar-refractivity contribution in [2.24, 2.45) is 5.14 Å². The summed E-state index contributed by atoms with van der Waals surface area (Å²) < 4.78 is 24.9. The molecule has 1 amide bonds. The molecule has 9 heteroatoms. The molecule has 2 aromatic rings. The van der Waals surface area contributed by atoms with Crippen LogP contribution in [-0.4, -0.2) is 67.7 Å². The van der Waals surface area contributed by atoms with Crippen LogP contribution in [0.25, 0.3) is 5.69 Å². The molecule has 1 aromatic carbocycles. The smallest absolute Gasteiger partial charge is 0.239 e. The first-order valence-corrected chi connectivity index (χ1v) is 11.4. The Morgan fingerprint density at radius 2 is 1.80 bits per heavy atom. The fourth-order valence-electron chi connectivity index (χ4n) is 4.09. The molecule has 1 fully saturated rings. The molecule has 1 aromatic heterocycles. The molecule has 0 spiro atoms. The van der Waals surface area contributed by atoms with Crippen molar-refractivity contribution in [1.82, 2.24) is 14.4 Å². The molecule has 3 rings (SSSR count). The third kappa shape index (κ3) is 4.33. The molecule has 2 N–H and O–H groups in total. The third-order valence-electron chi connectivity index (χ3n) is 5.59. The topological polar surface area (TPSA) is 106 Å². The van der Waals surface area contributed by atoms with Crippen LogP contribution >= 0.6 is 0 Å². The number of aryl methyl sites for hydroxylation is 1. The number of aromatic nitrogens is 1. The van der Waals surface area contributed by atoms with Gasteiger partial charge in [-0.2, -0.15) is 0 Å². The first-order valence-electron chi connectivity index (χ1n) is 9.81. The summed E-state index contributed by atoms with van der Waals surface area (Å²) in [5, 5.41) is 5.17. The summed E-state index contributed by atoms with van der Waals surface area (Å²) in [6, 6.07) is 7.82. The zero-order valence-corrected chi connectivity index (χ0v) is 18.6. The Morgan fingerprint density at radius 1 is 1.17 bits per heavy atom. The van der Waals surface area contributed by atoms with Crippen LogP contribution in [-0.2, 0) is 14.8 Å². The quantitative estimate of drug-likeness (QED) is 0.696. The number of hydrogen-bond donors (Lipinski definition) is 1. The molecule has 1 unspecified atom stereocenters. The van der Waals surface area contributed by atoms with Gasteiger partial charge in [0.25, 0.3) is 0 Å². The number of benzene rings is 1. The second-order valence-corrected chi connectivity index (χ2v) is 9.50. The van der Waals surface area contributed by atoms with Gasteiger partial charge in [0.1, 0.15) is 0 Å². The first-order chi connectivity index (χ1) is 14.0. The van der Waals surface area contributed by atoms with Crippen LogP contribution in [0.15, 0.2) is 35.2 Å². The number of likely N-dealkylation sites (N-methyl/N-ethyl adjacent to an activating group) is 1. The summed E-state index contributed by atoms with van der Waals surface area (Å²) in [5.41, 5.74) is 2.99. The summed E-state index contributed by atoms with van der Waals surface area (Å²) in [6.07, 6.45) is 1.66. The van der Waals surface area contributed by atoms with Crippen molar-refractivity contribution in [2.75, 3.05) is 27.2 Å². The lowest BCUT2D eigenvalue weighted by Crippen LogP contribution is -2.44. The summed E-state index contributed by atoms with van der Waals surface area (Å²) in [7, 11) is -0.299. The zero-order valence-electron chi connectivity index (χ0n) is 17.8. The lowest BCUT2D eigenvalue weighted by Gasteiger charge is -2.25. The minimum atomic E-state index is -3.76. The highest BCUT2D eigenvalue weighted by molar-refractivity contribution is 7.89. The number of ketones is 1. The minimum absolute atomic E-state index is 0.0284. The van der Waals surface area contributed by atoms with E-state index in [2.05, 4.69) is 0 Å². The van der Waals surface area contributed by atoms with E-state index in [0.29, 0.717) is 5.56 Å². The Bertz CT molecular complexity index is 1070. The van der Waals surface area contributed by atoms with Crippen molar-refractivity contribution in [1.29, 1.82) is 0 Å². The number of rotatable bonds is 6. The number of nitrogens with two attached hydrogens (primary N) is 1. The van der Waals surface area contributed by atoms with E-state index in [0.717, 1.165) is 36.5 Å². The summed E-state index contributed by atoms with van der Waals surface area (Å²) in [6.45, 7) is 4.68. The lowest BCUT2D eigenvalue weighted by molar-refractivity contribution is -0.133. The number of primary sulfonamides is 1. The summed E-state index contributed by atoms with van der Waals surface area (Å²) in [4.78, 5) is 29.0. The third-order valence-corrected chi connectivity index (χ3v) is 6.52. The number of amides is 1. The molecule has 1 aliphatic rings. The Kier molecular flexibility index (Phi) is 6.16. The molecule has 1 atom stereocenters. The largest absolute Gasteiger partial charge is 0.347 e. The second kappa shape index (κ2) is 8.33. The van der Waals surface area contributed by atoms with E-state index < -0.39 is 10.0 Å². The molecule has 0 bridgehead atoms. The maximum Gasteiger partial charge on any atom is 0.239 e. The molecule has 1 saturated heterocycles. The molecule has 30 heavy (non-hydrogen) atoms. The van der Waals surface area contributed by atoms with Gasteiger partial charge in [-0.05, 0) is 63.6 Å². The second-order valence-electron chi connectivity index (χ2n) is 7.94. The highest BCUT2D eigenvalue weighted by Gasteiger charge is 2.33. The molecule has 0 aliphatic carbocycles. The lowest BCUT2D eigenvalue weighted by atomic mass is 10.1. The van der Waals surface area contributed by atoms with Crippen molar-refractivity contribution >= 4 is 21.7 Å². The molecule has 8 nitrogen and oxygen atoms in total. The van der Waals surface area contributed by atoms with Gasteiger partial charge in [-0.15, -0.1) is 0 Å². The van der Waals surface area contributed by atoms with Gasteiger partial charge in [0.15, 0.2) is 5.78 Å². The summed E-state index contributed by atoms with van der Waals surface area (Å²) in [5.74, 6) is -0.00493. The monoisotopic (exact) mass is 432 g/mol. The zero-order chi connectivity index (χ0) is 22.2. The average Bonchev–Trinajstić information content (AvgIpc) is 3.24. The van der Waals surface area contributed by atoms with E-state index >= 15 is 0 Å². The molecule has 2 heterocycles. The van der Waals surface area contributed by atoms with E-state index in [1.54, 1.807) is 31.1 Å². The fourth-order valence-corrected chi connectivity index (χ4v) is 4.61. The maximum atomic E-state index is 13.1. The number of Topliss-reactive ketones (excluding diaryl/α,β-unsaturated/α-hetero) is 1. The number of carbonyl (C=O) groups excluding carboxylic acids is 2. The Labute approximate surface area is 177 Å². The average molecular weight is 433 g/mol. The number of hydrogen-bond acceptors (Lipinski definition) is 5. The van der Waals surface area contributed by atoms with Gasteiger partial charge in [-0.3, -0.25) is 14.5 Å². The normalized spacial score (nSPS) is 17.3. The van der Waals surface area contributed by atoms with Crippen molar-refractivity contribution in [3.63, 3.8) is 0 Å². The Morgan fingerprint density at radius 3 is 2.37 bits per heavy atom. The van der Waals surface area contributed by atoms with Crippen LogP contribution < -0.4 is 5.14 Å². The summed E-state index contributed by atoms with van der Waals surface area (Å²) >= 11 is 0. The van der Waals surface area contributed by atoms with Crippen molar-refractivity contribution < 1.29 is 18.0 Å². The van der Waals surface area contributed by atoms with E-state index in [4.69, 9.17) is 5.14 Å². The van der Waals surface area contributed by atoms with Crippen LogP contribution in [0.5, 0.6) is 0 Å².